The van der Waals surface area contributed by atoms with Gasteiger partial charge in [0.1, 0.15) is 0 Å². The zero-order valence-electron chi connectivity index (χ0n) is 3.29. The van der Waals surface area contributed by atoms with Crippen LogP contribution in [0.5, 0.6) is 0 Å². The van der Waals surface area contributed by atoms with Gasteiger partial charge in [-0.25, -0.2) is 0 Å². The van der Waals surface area contributed by atoms with E-state index < -0.39 is 0 Å². The standard InChI is InChI=1S/C3H7.ClH.Sn/c1-3-2;;/h1,3H2,2H3;1H;/q;;+1/p-1. The average molecular weight is 197 g/mol. The summed E-state index contributed by atoms with van der Waals surface area (Å²) in [4.78, 5) is 0. The van der Waals surface area contributed by atoms with Crippen LogP contribution in [0, 0.1) is 0 Å². The summed E-state index contributed by atoms with van der Waals surface area (Å²) < 4.78 is 1.32. The molecule has 0 unspecified atom stereocenters. The van der Waals surface area contributed by atoms with Crippen molar-refractivity contribution >= 4 is 28.9 Å². The summed E-state index contributed by atoms with van der Waals surface area (Å²) >= 11 is -0.322. The molecule has 0 bridgehead atoms. The Kier molecular flexibility index (Phi) is 6.20. The molecule has 0 saturated carbocycles. The summed E-state index contributed by atoms with van der Waals surface area (Å²) in [7, 11) is 5.47. The van der Waals surface area contributed by atoms with Crippen LogP contribution >= 0.6 is 8.92 Å². The fraction of sp³-hybridized carbons (Fsp3) is 1.00. The second-order valence-corrected chi connectivity index (χ2v) is 4.87. The third kappa shape index (κ3) is 5.09. The molecule has 0 amide bonds. The van der Waals surface area contributed by atoms with E-state index in [9.17, 15) is 0 Å². The number of hydrogen-bond acceptors (Lipinski definition) is 0. The fourth-order valence-corrected chi connectivity index (χ4v) is 1.90. The van der Waals surface area contributed by atoms with Crippen LogP contribution in [0.15, 0.2) is 0 Å². The van der Waals surface area contributed by atoms with Gasteiger partial charge in [-0.1, -0.05) is 0 Å². The van der Waals surface area contributed by atoms with Gasteiger partial charge < -0.3 is 0 Å². The van der Waals surface area contributed by atoms with E-state index in [0.717, 1.165) is 0 Å². The second-order valence-electron chi connectivity index (χ2n) is 0.884. The molecule has 0 aromatic rings. The monoisotopic (exact) mass is 198 g/mol. The van der Waals surface area contributed by atoms with Crippen molar-refractivity contribution in [2.45, 2.75) is 17.8 Å². The van der Waals surface area contributed by atoms with Crippen LogP contribution < -0.4 is 0 Å². The van der Waals surface area contributed by atoms with Crippen molar-refractivity contribution in [3.63, 3.8) is 0 Å². The Hall–Kier alpha value is 1.09. The molecule has 0 aliphatic carbocycles. The summed E-state index contributed by atoms with van der Waals surface area (Å²) in [6.07, 6.45) is 1.29. The van der Waals surface area contributed by atoms with E-state index in [-0.39, 0.29) is 20.0 Å². The molecule has 0 aliphatic rings. The molecular formula is C3H7ClSn. The van der Waals surface area contributed by atoms with Gasteiger partial charge in [0.25, 0.3) is 0 Å². The number of hydrogen-bond donors (Lipinski definition) is 0. The van der Waals surface area contributed by atoms with Gasteiger partial charge in [0.2, 0.25) is 0 Å². The maximum absolute atomic E-state index is 5.47. The van der Waals surface area contributed by atoms with Gasteiger partial charge in [-0.05, 0) is 0 Å². The molecule has 0 aromatic carbocycles. The van der Waals surface area contributed by atoms with Crippen molar-refractivity contribution in [1.82, 2.24) is 0 Å². The summed E-state index contributed by atoms with van der Waals surface area (Å²) in [5, 5.41) is 0. The molecular weight excluding hydrogens is 190 g/mol. The Labute approximate surface area is 46.8 Å². The zero-order chi connectivity index (χ0) is 4.12. The molecule has 5 heavy (non-hydrogen) atoms. The summed E-state index contributed by atoms with van der Waals surface area (Å²) in [5.74, 6) is 0. The van der Waals surface area contributed by atoms with Gasteiger partial charge in [0, 0.05) is 0 Å². The molecule has 0 nitrogen and oxygen atoms in total. The minimum absolute atomic E-state index is 0.322. The SMILES string of the molecule is CC[CH2][Sn][Cl]. The Morgan fingerprint density at radius 3 is 2.40 bits per heavy atom. The molecule has 0 spiro atoms. The fourth-order valence-electron chi connectivity index (χ4n) is 0.0945. The van der Waals surface area contributed by atoms with Crippen LogP contribution in [0.1, 0.15) is 13.3 Å². The molecule has 0 heterocycles. The molecule has 0 saturated heterocycles. The van der Waals surface area contributed by atoms with Crippen LogP contribution in [0.25, 0.3) is 0 Å². The summed E-state index contributed by atoms with van der Waals surface area (Å²) in [6, 6.07) is 0. The van der Waals surface area contributed by atoms with E-state index in [0.29, 0.717) is 0 Å². The topological polar surface area (TPSA) is 0 Å². The molecule has 0 N–H and O–H groups in total. The first-order valence-electron chi connectivity index (χ1n) is 1.75. The van der Waals surface area contributed by atoms with Gasteiger partial charge in [-0.3, -0.25) is 0 Å². The molecule has 2 heteroatoms. The first-order valence-corrected chi connectivity index (χ1v) is 7.38. The predicted octanol–water partition coefficient (Wildman–Crippen LogP) is 1.67. The molecule has 2 radical (unpaired) electrons. The molecule has 0 atom stereocenters. The van der Waals surface area contributed by atoms with E-state index in [2.05, 4.69) is 6.92 Å². The van der Waals surface area contributed by atoms with E-state index in [4.69, 9.17) is 8.92 Å². The average Bonchev–Trinajstić information content (AvgIpc) is 1.41. The number of halogens is 1. The zero-order valence-corrected chi connectivity index (χ0v) is 6.90. The van der Waals surface area contributed by atoms with Crippen molar-refractivity contribution < 1.29 is 0 Å². The van der Waals surface area contributed by atoms with Gasteiger partial charge in [-0.2, -0.15) is 0 Å². The van der Waals surface area contributed by atoms with E-state index in [1.165, 1.54) is 10.9 Å². The maximum atomic E-state index is 5.47. The third-order valence-electron chi connectivity index (χ3n) is 0.344. The van der Waals surface area contributed by atoms with Gasteiger partial charge in [0.15, 0.2) is 0 Å². The quantitative estimate of drug-likeness (QED) is 0.591. The normalized spacial score (nSPS) is 8.40. The van der Waals surface area contributed by atoms with Crippen LogP contribution in [0.2, 0.25) is 4.44 Å². The van der Waals surface area contributed by atoms with Crippen molar-refractivity contribution in [2.75, 3.05) is 0 Å². The first-order chi connectivity index (χ1) is 2.41. The molecule has 0 rings (SSSR count). The van der Waals surface area contributed by atoms with E-state index in [1.54, 1.807) is 0 Å². The molecule has 0 aromatic heterocycles. The third-order valence-corrected chi connectivity index (χ3v) is 3.58. The molecule has 0 aliphatic heterocycles. The minimum atomic E-state index is -0.322. The Morgan fingerprint density at radius 1 is 1.80 bits per heavy atom. The van der Waals surface area contributed by atoms with Gasteiger partial charge in [-0.15, -0.1) is 0 Å². The van der Waals surface area contributed by atoms with Crippen LogP contribution in [-0.2, 0) is 0 Å². The van der Waals surface area contributed by atoms with Crippen LogP contribution in [0.3, 0.4) is 0 Å². The summed E-state index contributed by atoms with van der Waals surface area (Å²) in [6.45, 7) is 2.17. The molecule has 0 fully saturated rings. The molecule has 30 valence electrons. The Morgan fingerprint density at radius 2 is 2.40 bits per heavy atom. The van der Waals surface area contributed by atoms with Crippen molar-refractivity contribution in [1.29, 1.82) is 0 Å². The predicted molar refractivity (Wildman–Crippen MR) is 26.7 cm³/mol. The van der Waals surface area contributed by atoms with E-state index in [1.807, 2.05) is 0 Å². The summed E-state index contributed by atoms with van der Waals surface area (Å²) in [5.41, 5.74) is 0. The Balaban J connectivity index is 2.19. The van der Waals surface area contributed by atoms with Crippen molar-refractivity contribution in [3.05, 3.63) is 0 Å². The van der Waals surface area contributed by atoms with Gasteiger partial charge in [0.05, 0.1) is 0 Å². The van der Waals surface area contributed by atoms with Crippen LogP contribution in [-0.4, -0.2) is 20.0 Å². The van der Waals surface area contributed by atoms with E-state index >= 15 is 0 Å². The second kappa shape index (κ2) is 5.09. The first kappa shape index (κ1) is 6.09. The van der Waals surface area contributed by atoms with Crippen LogP contribution in [0.4, 0.5) is 0 Å². The number of rotatable bonds is 2. The Bertz CT molecular complexity index is 14.4. The van der Waals surface area contributed by atoms with Crippen molar-refractivity contribution in [3.8, 4) is 0 Å². The van der Waals surface area contributed by atoms with Crippen molar-refractivity contribution in [2.24, 2.45) is 0 Å². The van der Waals surface area contributed by atoms with Gasteiger partial charge >= 0.3 is 46.7 Å².